The van der Waals surface area contributed by atoms with Crippen molar-refractivity contribution in [2.45, 2.75) is 52.6 Å². The molecular formula is C15H24N2O. The maximum Gasteiger partial charge on any atom is 0.134 e. The first kappa shape index (κ1) is 13.3. The minimum atomic E-state index is 0.227. The Morgan fingerprint density at radius 2 is 2.28 bits per heavy atom. The predicted octanol–water partition coefficient (Wildman–Crippen LogP) is 2.90. The number of nitrogens with one attached hydrogen (secondary N) is 1. The van der Waals surface area contributed by atoms with Crippen molar-refractivity contribution in [3.8, 4) is 0 Å². The van der Waals surface area contributed by atoms with E-state index < -0.39 is 0 Å². The average molecular weight is 248 g/mol. The molecular weight excluding hydrogens is 224 g/mol. The van der Waals surface area contributed by atoms with Crippen molar-refractivity contribution in [1.29, 1.82) is 0 Å². The van der Waals surface area contributed by atoms with Gasteiger partial charge in [-0.25, -0.2) is 0 Å². The van der Waals surface area contributed by atoms with Gasteiger partial charge in [0.15, 0.2) is 0 Å². The Morgan fingerprint density at radius 1 is 1.50 bits per heavy atom. The van der Waals surface area contributed by atoms with Crippen molar-refractivity contribution in [3.05, 3.63) is 23.5 Å². The summed E-state index contributed by atoms with van der Waals surface area (Å²) >= 11 is 0. The Balaban J connectivity index is 2.08. The second kappa shape index (κ2) is 5.70. The zero-order valence-corrected chi connectivity index (χ0v) is 11.7. The van der Waals surface area contributed by atoms with E-state index in [1.165, 1.54) is 24.1 Å². The number of likely N-dealkylation sites (tertiary alicyclic amines) is 1. The van der Waals surface area contributed by atoms with E-state index >= 15 is 0 Å². The second-order valence-corrected chi connectivity index (χ2v) is 5.66. The summed E-state index contributed by atoms with van der Waals surface area (Å²) in [7, 11) is 0. The lowest BCUT2D eigenvalue weighted by Crippen LogP contribution is -2.36. The molecule has 2 unspecified atom stereocenters. The second-order valence-electron chi connectivity index (χ2n) is 5.66. The van der Waals surface area contributed by atoms with Crippen LogP contribution in [-0.4, -0.2) is 28.3 Å². The molecule has 1 aromatic heterocycles. The number of carbonyl (C=O) groups excluding carboxylic acids is 1. The van der Waals surface area contributed by atoms with Gasteiger partial charge < -0.3 is 4.98 Å². The van der Waals surface area contributed by atoms with E-state index in [9.17, 15) is 4.79 Å². The Kier molecular flexibility index (Phi) is 4.23. The molecule has 1 fully saturated rings. The van der Waals surface area contributed by atoms with E-state index in [2.05, 4.69) is 29.8 Å². The molecule has 3 heteroatoms. The smallest absolute Gasteiger partial charge is 0.134 e. The number of H-pyrrole nitrogens is 1. The van der Waals surface area contributed by atoms with Crippen molar-refractivity contribution < 1.29 is 4.79 Å². The zero-order valence-electron chi connectivity index (χ0n) is 11.7. The number of nitrogens with zero attached hydrogens (tertiary/aromatic N) is 1. The summed E-state index contributed by atoms with van der Waals surface area (Å²) in [6.45, 7) is 8.00. The summed E-state index contributed by atoms with van der Waals surface area (Å²) in [5.74, 6) is 0.572. The molecule has 2 atom stereocenters. The van der Waals surface area contributed by atoms with Crippen LogP contribution in [0, 0.1) is 12.8 Å². The molecule has 100 valence electrons. The average Bonchev–Trinajstić information content (AvgIpc) is 2.61. The number of aromatic amines is 1. The minimum absolute atomic E-state index is 0.227. The summed E-state index contributed by atoms with van der Waals surface area (Å²) < 4.78 is 0. The van der Waals surface area contributed by atoms with Crippen LogP contribution in [-0.2, 0) is 11.3 Å². The number of Topliss-reactive ketones (excluding diaryl/α,β-unsaturated/α-hetero) is 1. The van der Waals surface area contributed by atoms with Crippen LogP contribution in [0.25, 0.3) is 0 Å². The van der Waals surface area contributed by atoms with Crippen LogP contribution < -0.4 is 0 Å². The standard InChI is InChI=1S/C15H24N2O/c1-11-7-8-16-15(11)10-17-9-14(13(3)18)6-4-5-12(17)2/h7-8,12,14,16H,4-6,9-10H2,1-3H3. The first-order valence-corrected chi connectivity index (χ1v) is 6.95. The molecule has 3 nitrogen and oxygen atoms in total. The van der Waals surface area contributed by atoms with Crippen LogP contribution >= 0.6 is 0 Å². The van der Waals surface area contributed by atoms with Crippen LogP contribution in [0.5, 0.6) is 0 Å². The van der Waals surface area contributed by atoms with E-state index in [0.29, 0.717) is 11.8 Å². The third-order valence-corrected chi connectivity index (χ3v) is 4.26. The fraction of sp³-hybridized carbons (Fsp3) is 0.667. The highest BCUT2D eigenvalue weighted by molar-refractivity contribution is 5.78. The molecule has 1 aliphatic heterocycles. The van der Waals surface area contributed by atoms with Crippen molar-refractivity contribution in [2.24, 2.45) is 5.92 Å². The third-order valence-electron chi connectivity index (χ3n) is 4.26. The maximum absolute atomic E-state index is 11.6. The number of rotatable bonds is 3. The van der Waals surface area contributed by atoms with E-state index in [1.807, 2.05) is 6.20 Å². The highest BCUT2D eigenvalue weighted by Crippen LogP contribution is 2.23. The fourth-order valence-electron chi connectivity index (χ4n) is 2.80. The Labute approximate surface area is 110 Å². The van der Waals surface area contributed by atoms with Crippen molar-refractivity contribution in [1.82, 2.24) is 9.88 Å². The van der Waals surface area contributed by atoms with Crippen LogP contribution in [0.1, 0.15) is 44.4 Å². The summed E-state index contributed by atoms with van der Waals surface area (Å²) in [6.07, 6.45) is 5.42. The predicted molar refractivity (Wildman–Crippen MR) is 73.4 cm³/mol. The van der Waals surface area contributed by atoms with Gasteiger partial charge in [-0.3, -0.25) is 9.69 Å². The van der Waals surface area contributed by atoms with Gasteiger partial charge in [-0.2, -0.15) is 0 Å². The molecule has 1 N–H and O–H groups in total. The molecule has 0 spiro atoms. The van der Waals surface area contributed by atoms with Crippen molar-refractivity contribution in [3.63, 3.8) is 0 Å². The summed E-state index contributed by atoms with van der Waals surface area (Å²) in [5.41, 5.74) is 2.59. The number of aryl methyl sites for hydroxylation is 1. The molecule has 0 saturated carbocycles. The Hall–Kier alpha value is -1.09. The van der Waals surface area contributed by atoms with Crippen LogP contribution in [0.2, 0.25) is 0 Å². The molecule has 0 radical (unpaired) electrons. The SMILES string of the molecule is CC(=O)C1CCCC(C)N(Cc2[nH]ccc2C)C1. The first-order valence-electron chi connectivity index (χ1n) is 6.95. The molecule has 0 aliphatic carbocycles. The lowest BCUT2D eigenvalue weighted by Gasteiger charge is -2.28. The molecule has 2 heterocycles. The van der Waals surface area contributed by atoms with Gasteiger partial charge in [-0.1, -0.05) is 6.42 Å². The molecule has 0 bridgehead atoms. The monoisotopic (exact) mass is 248 g/mol. The molecule has 1 saturated heterocycles. The van der Waals surface area contributed by atoms with Gasteiger partial charge in [0.25, 0.3) is 0 Å². The number of hydrogen-bond donors (Lipinski definition) is 1. The molecule has 0 amide bonds. The summed E-state index contributed by atoms with van der Waals surface area (Å²) in [4.78, 5) is 17.4. The Bertz CT molecular complexity index is 410. The lowest BCUT2D eigenvalue weighted by molar-refractivity contribution is -0.121. The lowest BCUT2D eigenvalue weighted by atomic mass is 9.99. The van der Waals surface area contributed by atoms with E-state index in [4.69, 9.17) is 0 Å². The van der Waals surface area contributed by atoms with Gasteiger partial charge >= 0.3 is 0 Å². The van der Waals surface area contributed by atoms with Crippen LogP contribution in [0.3, 0.4) is 0 Å². The van der Waals surface area contributed by atoms with E-state index in [0.717, 1.165) is 19.5 Å². The normalized spacial score (nSPS) is 25.9. The minimum Gasteiger partial charge on any atom is -0.364 e. The highest BCUT2D eigenvalue weighted by atomic mass is 16.1. The van der Waals surface area contributed by atoms with Crippen molar-refractivity contribution in [2.75, 3.05) is 6.54 Å². The molecule has 1 aliphatic rings. The largest absolute Gasteiger partial charge is 0.364 e. The number of ketones is 1. The quantitative estimate of drug-likeness (QED) is 0.893. The molecule has 1 aromatic rings. The van der Waals surface area contributed by atoms with Gasteiger partial charge in [0.1, 0.15) is 5.78 Å². The zero-order chi connectivity index (χ0) is 13.1. The van der Waals surface area contributed by atoms with Crippen LogP contribution in [0.15, 0.2) is 12.3 Å². The number of hydrogen-bond acceptors (Lipinski definition) is 2. The van der Waals surface area contributed by atoms with Gasteiger partial charge in [-0.05, 0) is 45.2 Å². The molecule has 0 aromatic carbocycles. The van der Waals surface area contributed by atoms with Crippen molar-refractivity contribution >= 4 is 5.78 Å². The number of aromatic nitrogens is 1. The van der Waals surface area contributed by atoms with E-state index in [1.54, 1.807) is 6.92 Å². The number of carbonyl (C=O) groups is 1. The van der Waals surface area contributed by atoms with Gasteiger partial charge in [0.2, 0.25) is 0 Å². The molecule has 18 heavy (non-hydrogen) atoms. The van der Waals surface area contributed by atoms with E-state index in [-0.39, 0.29) is 5.92 Å². The first-order chi connectivity index (χ1) is 8.58. The van der Waals surface area contributed by atoms with Gasteiger partial charge in [-0.15, -0.1) is 0 Å². The summed E-state index contributed by atoms with van der Waals surface area (Å²) in [5, 5.41) is 0. The van der Waals surface area contributed by atoms with Gasteiger partial charge in [0, 0.05) is 36.9 Å². The molecule has 2 rings (SSSR count). The fourth-order valence-corrected chi connectivity index (χ4v) is 2.80. The van der Waals surface area contributed by atoms with Crippen LogP contribution in [0.4, 0.5) is 0 Å². The topological polar surface area (TPSA) is 36.1 Å². The Morgan fingerprint density at radius 3 is 2.89 bits per heavy atom. The third kappa shape index (κ3) is 3.02. The summed E-state index contributed by atoms with van der Waals surface area (Å²) in [6, 6.07) is 2.68. The maximum atomic E-state index is 11.6. The highest BCUT2D eigenvalue weighted by Gasteiger charge is 2.26. The van der Waals surface area contributed by atoms with Gasteiger partial charge in [0.05, 0.1) is 0 Å².